The molecule has 6 heteroatoms. The van der Waals surface area contributed by atoms with Gasteiger partial charge in [0.1, 0.15) is 5.82 Å². The summed E-state index contributed by atoms with van der Waals surface area (Å²) < 4.78 is 2.27. The van der Waals surface area contributed by atoms with Crippen LogP contribution in [0.4, 0.5) is 0 Å². The first kappa shape index (κ1) is 21.1. The van der Waals surface area contributed by atoms with Gasteiger partial charge >= 0.3 is 0 Å². The summed E-state index contributed by atoms with van der Waals surface area (Å²) in [6.07, 6.45) is 10.1. The lowest BCUT2D eigenvalue weighted by atomic mass is 9.90. The highest BCUT2D eigenvalue weighted by molar-refractivity contribution is 7.80. The monoisotopic (exact) mass is 445 g/mol. The Kier molecular flexibility index (Phi) is 5.72. The molecule has 1 saturated heterocycles. The topological polar surface area (TPSA) is 46.0 Å². The van der Waals surface area contributed by atoms with Crippen molar-refractivity contribution in [1.29, 1.82) is 0 Å². The van der Waals surface area contributed by atoms with Gasteiger partial charge in [-0.1, -0.05) is 31.4 Å². The Labute approximate surface area is 195 Å². The van der Waals surface area contributed by atoms with Gasteiger partial charge in [-0.25, -0.2) is 4.98 Å². The summed E-state index contributed by atoms with van der Waals surface area (Å²) in [7, 11) is 0. The molecule has 5 nitrogen and oxygen atoms in total. The number of aromatic nitrogens is 3. The zero-order valence-corrected chi connectivity index (χ0v) is 19.9. The fourth-order valence-corrected chi connectivity index (χ4v) is 5.87. The van der Waals surface area contributed by atoms with Gasteiger partial charge in [0.2, 0.25) is 0 Å². The van der Waals surface area contributed by atoms with Crippen molar-refractivity contribution in [2.75, 3.05) is 0 Å². The van der Waals surface area contributed by atoms with Crippen LogP contribution in [-0.4, -0.2) is 30.6 Å². The average molecular weight is 446 g/mol. The van der Waals surface area contributed by atoms with E-state index in [-0.39, 0.29) is 12.1 Å². The van der Waals surface area contributed by atoms with Gasteiger partial charge in [-0.2, -0.15) is 0 Å². The lowest BCUT2D eigenvalue weighted by Crippen LogP contribution is -2.40. The first-order valence-electron chi connectivity index (χ1n) is 11.7. The van der Waals surface area contributed by atoms with Crippen molar-refractivity contribution in [3.63, 3.8) is 0 Å². The minimum absolute atomic E-state index is 0.0329. The molecule has 3 aromatic rings. The third-order valence-electron chi connectivity index (χ3n) is 7.02. The van der Waals surface area contributed by atoms with Crippen molar-refractivity contribution in [2.24, 2.45) is 0 Å². The van der Waals surface area contributed by atoms with E-state index in [1.807, 2.05) is 18.5 Å². The Morgan fingerprint density at radius 1 is 1.00 bits per heavy atom. The highest BCUT2D eigenvalue weighted by Gasteiger charge is 2.44. The molecule has 1 aliphatic carbocycles. The minimum Gasteiger partial charge on any atom is -0.352 e. The van der Waals surface area contributed by atoms with Crippen LogP contribution in [0.5, 0.6) is 0 Å². The Balaban J connectivity index is 1.62. The first-order chi connectivity index (χ1) is 15.5. The summed E-state index contributed by atoms with van der Waals surface area (Å²) in [6.45, 7) is 6.45. The number of aryl methyl sites for hydroxylation is 2. The second-order valence-electron chi connectivity index (χ2n) is 9.18. The van der Waals surface area contributed by atoms with E-state index in [1.165, 1.54) is 54.6 Å². The van der Waals surface area contributed by atoms with Crippen molar-refractivity contribution < 1.29 is 0 Å². The van der Waals surface area contributed by atoms with Gasteiger partial charge in [-0.3, -0.25) is 4.98 Å². The third-order valence-corrected chi connectivity index (χ3v) is 7.35. The zero-order valence-electron chi connectivity index (χ0n) is 19.1. The van der Waals surface area contributed by atoms with E-state index in [4.69, 9.17) is 22.2 Å². The van der Waals surface area contributed by atoms with E-state index in [1.54, 1.807) is 0 Å². The van der Waals surface area contributed by atoms with Crippen LogP contribution in [0.15, 0.2) is 48.8 Å². The van der Waals surface area contributed by atoms with E-state index < -0.39 is 0 Å². The highest BCUT2D eigenvalue weighted by Crippen LogP contribution is 2.44. The van der Waals surface area contributed by atoms with Crippen LogP contribution >= 0.6 is 12.2 Å². The molecule has 2 aliphatic rings. The van der Waals surface area contributed by atoms with Gasteiger partial charge in [0.05, 0.1) is 17.8 Å². The average Bonchev–Trinajstić information content (AvgIpc) is 3.31. The number of nitrogens with one attached hydrogen (secondary N) is 1. The molecule has 2 fully saturated rings. The second-order valence-corrected chi connectivity index (χ2v) is 9.57. The fraction of sp³-hybridized carbons (Fsp3) is 0.423. The number of nitrogens with zero attached hydrogens (tertiary/aromatic N) is 4. The number of rotatable bonds is 4. The van der Waals surface area contributed by atoms with Crippen LogP contribution in [0, 0.1) is 20.8 Å². The van der Waals surface area contributed by atoms with Gasteiger partial charge in [0.25, 0.3) is 0 Å². The number of hydrogen-bond donors (Lipinski definition) is 1. The van der Waals surface area contributed by atoms with Gasteiger partial charge in [0.15, 0.2) is 5.11 Å². The number of thiocarbonyl (C=S) groups is 1. The minimum atomic E-state index is 0.0329. The van der Waals surface area contributed by atoms with Gasteiger partial charge in [-0.15, -0.1) is 0 Å². The molecule has 2 atom stereocenters. The molecular formula is C26H31N5S. The molecule has 0 unspecified atom stereocenters. The van der Waals surface area contributed by atoms with Crippen molar-refractivity contribution in [3.8, 4) is 5.82 Å². The molecule has 0 bridgehead atoms. The molecule has 32 heavy (non-hydrogen) atoms. The molecule has 1 N–H and O–H groups in total. The van der Waals surface area contributed by atoms with Crippen LogP contribution in [-0.2, 0) is 0 Å². The SMILES string of the molecule is Cc1ccc(-n2c(C)cc([C@H]3[C@H](c4ccccn4)NC(=S)N3C3CCCCC3)c2C)nc1. The molecular weight excluding hydrogens is 414 g/mol. The molecule has 1 saturated carbocycles. The lowest BCUT2D eigenvalue weighted by Gasteiger charge is -2.37. The third kappa shape index (κ3) is 3.71. The van der Waals surface area contributed by atoms with Crippen LogP contribution in [0.3, 0.4) is 0 Å². The molecule has 0 aromatic carbocycles. The molecule has 166 valence electrons. The fourth-order valence-electron chi connectivity index (χ4n) is 5.48. The van der Waals surface area contributed by atoms with Crippen LogP contribution in [0.1, 0.15) is 72.4 Å². The summed E-state index contributed by atoms with van der Waals surface area (Å²) in [5, 5.41) is 4.50. The van der Waals surface area contributed by atoms with E-state index in [9.17, 15) is 0 Å². The molecule has 4 heterocycles. The van der Waals surface area contributed by atoms with Crippen LogP contribution in [0.25, 0.3) is 5.82 Å². The van der Waals surface area contributed by atoms with E-state index in [0.29, 0.717) is 6.04 Å². The van der Waals surface area contributed by atoms with E-state index in [2.05, 4.69) is 65.9 Å². The van der Waals surface area contributed by atoms with E-state index >= 15 is 0 Å². The standard InChI is InChI=1S/C26H31N5S/c1-17-12-13-23(28-16-17)30-18(2)15-21(19(30)3)25-24(22-11-7-8-14-27-22)29-26(32)31(25)20-9-5-4-6-10-20/h7-8,11-16,20,24-25H,4-6,9-10H2,1-3H3,(H,29,32)/t24-,25-/m0/s1. The van der Waals surface area contributed by atoms with Gasteiger partial charge in [0, 0.05) is 29.8 Å². The maximum absolute atomic E-state index is 5.93. The quantitative estimate of drug-likeness (QED) is 0.538. The Bertz CT molecular complexity index is 1100. The van der Waals surface area contributed by atoms with Crippen LogP contribution in [0.2, 0.25) is 0 Å². The van der Waals surface area contributed by atoms with Crippen molar-refractivity contribution in [3.05, 3.63) is 77.0 Å². The zero-order chi connectivity index (χ0) is 22.2. The van der Waals surface area contributed by atoms with Crippen molar-refractivity contribution >= 4 is 17.3 Å². The molecule has 0 spiro atoms. The van der Waals surface area contributed by atoms with Gasteiger partial charge in [-0.05, 0) is 81.2 Å². The maximum atomic E-state index is 5.93. The molecule has 1 aliphatic heterocycles. The molecule has 0 amide bonds. The van der Waals surface area contributed by atoms with E-state index in [0.717, 1.165) is 16.6 Å². The summed E-state index contributed by atoms with van der Waals surface area (Å²) in [6, 6.07) is 13.3. The Morgan fingerprint density at radius 3 is 2.50 bits per heavy atom. The first-order valence-corrected chi connectivity index (χ1v) is 12.1. The normalized spacial score (nSPS) is 21.7. The number of pyridine rings is 2. The van der Waals surface area contributed by atoms with Crippen molar-refractivity contribution in [1.82, 2.24) is 24.8 Å². The summed E-state index contributed by atoms with van der Waals surface area (Å²) in [4.78, 5) is 11.9. The lowest BCUT2D eigenvalue weighted by molar-refractivity contribution is 0.197. The Morgan fingerprint density at radius 2 is 1.81 bits per heavy atom. The molecule has 3 aromatic heterocycles. The Hall–Kier alpha value is -2.73. The largest absolute Gasteiger partial charge is 0.352 e. The summed E-state index contributed by atoms with van der Waals surface area (Å²) >= 11 is 5.93. The van der Waals surface area contributed by atoms with Crippen LogP contribution < -0.4 is 5.32 Å². The van der Waals surface area contributed by atoms with Gasteiger partial charge < -0.3 is 14.8 Å². The highest BCUT2D eigenvalue weighted by atomic mass is 32.1. The molecule has 5 rings (SSSR count). The smallest absolute Gasteiger partial charge is 0.170 e. The summed E-state index contributed by atoms with van der Waals surface area (Å²) in [5.41, 5.74) is 5.92. The number of hydrogen-bond acceptors (Lipinski definition) is 3. The summed E-state index contributed by atoms with van der Waals surface area (Å²) in [5.74, 6) is 0.962. The maximum Gasteiger partial charge on any atom is 0.170 e. The predicted octanol–water partition coefficient (Wildman–Crippen LogP) is 5.50. The predicted molar refractivity (Wildman–Crippen MR) is 132 cm³/mol. The van der Waals surface area contributed by atoms with Crippen molar-refractivity contribution in [2.45, 2.75) is 71.0 Å². The molecule has 0 radical (unpaired) electrons. The second kappa shape index (κ2) is 8.66.